The van der Waals surface area contributed by atoms with Crippen molar-refractivity contribution in [3.8, 4) is 5.69 Å². The Bertz CT molecular complexity index is 1580. The Morgan fingerprint density at radius 1 is 1.15 bits per heavy atom. The number of aromatic nitrogens is 5. The molecule has 164 valence electrons. The second-order valence-electron chi connectivity index (χ2n) is 7.44. The molecule has 3 aromatic heterocycles. The third kappa shape index (κ3) is 3.48. The number of rotatable bonds is 4. The van der Waals surface area contributed by atoms with E-state index < -0.39 is 11.9 Å². The lowest BCUT2D eigenvalue weighted by molar-refractivity contribution is 0.0940. The van der Waals surface area contributed by atoms with Gasteiger partial charge in [-0.1, -0.05) is 35.9 Å². The number of benzene rings is 2. The van der Waals surface area contributed by atoms with Gasteiger partial charge in [-0.2, -0.15) is 0 Å². The molecular weight excluding hydrogens is 442 g/mol. The number of halogens is 1. The van der Waals surface area contributed by atoms with Crippen LogP contribution < -0.4 is 16.6 Å². The number of hydrogen-bond donors (Lipinski definition) is 2. The molecule has 0 aliphatic carbocycles. The van der Waals surface area contributed by atoms with Crippen LogP contribution in [0.4, 0.5) is 5.82 Å². The van der Waals surface area contributed by atoms with Gasteiger partial charge in [-0.15, -0.1) is 5.10 Å². The van der Waals surface area contributed by atoms with E-state index in [9.17, 15) is 9.59 Å². The van der Waals surface area contributed by atoms with Gasteiger partial charge in [0.25, 0.3) is 11.5 Å². The topological polar surface area (TPSA) is 120 Å². The molecular formula is C23H18ClN7O2. The maximum absolute atomic E-state index is 13.5. The Hall–Kier alpha value is -4.24. The molecule has 33 heavy (non-hydrogen) atoms. The van der Waals surface area contributed by atoms with Gasteiger partial charge in [0, 0.05) is 12.4 Å². The summed E-state index contributed by atoms with van der Waals surface area (Å²) in [5.41, 5.74) is 7.39. The van der Waals surface area contributed by atoms with Crippen LogP contribution in [0.2, 0.25) is 5.02 Å². The minimum absolute atomic E-state index is 0.0754. The first kappa shape index (κ1) is 20.7. The summed E-state index contributed by atoms with van der Waals surface area (Å²) in [6.07, 6.45) is 4.67. The van der Waals surface area contributed by atoms with Crippen molar-refractivity contribution >= 4 is 39.7 Å². The number of nitrogens with one attached hydrogen (secondary N) is 1. The van der Waals surface area contributed by atoms with Gasteiger partial charge in [0.05, 0.1) is 39.4 Å². The molecule has 0 radical (unpaired) electrons. The van der Waals surface area contributed by atoms with Crippen molar-refractivity contribution in [2.24, 2.45) is 0 Å². The summed E-state index contributed by atoms with van der Waals surface area (Å²) in [6, 6.07) is 13.5. The second kappa shape index (κ2) is 8.03. The van der Waals surface area contributed by atoms with Crippen LogP contribution in [0.1, 0.15) is 29.1 Å². The summed E-state index contributed by atoms with van der Waals surface area (Å²) in [7, 11) is 0. The minimum Gasteiger partial charge on any atom is -0.382 e. The fraction of sp³-hybridized carbons (Fsp3) is 0.0870. The zero-order chi connectivity index (χ0) is 23.1. The fourth-order valence-electron chi connectivity index (χ4n) is 3.81. The standard InChI is InChI=1S/C23H18ClN7O2/c1-13(27-22(32)19-17-12-26-10-11-30(17)29-20(19)25)21-28-16-9-5-8-15(24)18(16)23(33)31(21)14-6-3-2-4-7-14/h2-13H,1H3,(H2,25,29)(H,27,32)/t13-/m0/s1. The number of anilines is 1. The highest BCUT2D eigenvalue weighted by atomic mass is 35.5. The normalized spacial score (nSPS) is 12.2. The Kier molecular flexibility index (Phi) is 5.02. The Balaban J connectivity index is 1.64. The largest absolute Gasteiger partial charge is 0.382 e. The van der Waals surface area contributed by atoms with Crippen LogP contribution in [0.5, 0.6) is 0 Å². The number of nitrogen functional groups attached to an aromatic ring is 1. The maximum atomic E-state index is 13.5. The summed E-state index contributed by atoms with van der Waals surface area (Å²) >= 11 is 6.33. The highest BCUT2D eigenvalue weighted by molar-refractivity contribution is 6.35. The molecule has 2 aromatic carbocycles. The van der Waals surface area contributed by atoms with Crippen LogP contribution >= 0.6 is 11.6 Å². The number of nitrogens with two attached hydrogens (primary N) is 1. The minimum atomic E-state index is -0.653. The highest BCUT2D eigenvalue weighted by Crippen LogP contribution is 2.24. The van der Waals surface area contributed by atoms with Gasteiger partial charge in [-0.05, 0) is 31.2 Å². The van der Waals surface area contributed by atoms with Crippen molar-refractivity contribution in [3.05, 3.63) is 93.9 Å². The van der Waals surface area contributed by atoms with Crippen LogP contribution in [0.3, 0.4) is 0 Å². The van der Waals surface area contributed by atoms with E-state index >= 15 is 0 Å². The molecule has 0 fully saturated rings. The third-order valence-electron chi connectivity index (χ3n) is 5.31. The second-order valence-corrected chi connectivity index (χ2v) is 7.85. The summed E-state index contributed by atoms with van der Waals surface area (Å²) in [5.74, 6) is -0.0306. The van der Waals surface area contributed by atoms with E-state index in [0.717, 1.165) is 0 Å². The zero-order valence-corrected chi connectivity index (χ0v) is 18.2. The molecule has 1 atom stereocenters. The molecule has 0 aliphatic rings. The van der Waals surface area contributed by atoms with Crippen LogP contribution in [0, 0.1) is 0 Å². The van der Waals surface area contributed by atoms with Crippen LogP contribution in [-0.4, -0.2) is 30.1 Å². The van der Waals surface area contributed by atoms with Gasteiger partial charge in [-0.25, -0.2) is 9.50 Å². The molecule has 3 N–H and O–H groups in total. The Morgan fingerprint density at radius 3 is 2.73 bits per heavy atom. The van der Waals surface area contributed by atoms with Gasteiger partial charge in [0.2, 0.25) is 0 Å². The molecule has 0 aliphatic heterocycles. The van der Waals surface area contributed by atoms with E-state index in [0.29, 0.717) is 33.0 Å². The molecule has 0 saturated heterocycles. The number of nitrogens with zero attached hydrogens (tertiary/aromatic N) is 5. The predicted octanol–water partition coefficient (Wildman–Crippen LogP) is 3.16. The van der Waals surface area contributed by atoms with Crippen LogP contribution in [0.25, 0.3) is 22.1 Å². The molecule has 5 rings (SSSR count). The average Bonchev–Trinajstić information content (AvgIpc) is 3.15. The van der Waals surface area contributed by atoms with E-state index in [2.05, 4.69) is 15.4 Å². The lowest BCUT2D eigenvalue weighted by Gasteiger charge is -2.20. The summed E-state index contributed by atoms with van der Waals surface area (Å²) < 4.78 is 2.94. The Morgan fingerprint density at radius 2 is 1.94 bits per heavy atom. The van der Waals surface area contributed by atoms with Crippen molar-refractivity contribution in [2.75, 3.05) is 5.73 Å². The van der Waals surface area contributed by atoms with Crippen molar-refractivity contribution in [3.63, 3.8) is 0 Å². The van der Waals surface area contributed by atoms with E-state index in [-0.39, 0.29) is 16.9 Å². The first-order valence-electron chi connectivity index (χ1n) is 10.1. The molecule has 0 bridgehead atoms. The van der Waals surface area contributed by atoms with Crippen molar-refractivity contribution in [1.29, 1.82) is 0 Å². The zero-order valence-electron chi connectivity index (χ0n) is 17.4. The van der Waals surface area contributed by atoms with E-state index in [4.69, 9.17) is 22.3 Å². The van der Waals surface area contributed by atoms with Crippen molar-refractivity contribution in [2.45, 2.75) is 13.0 Å². The number of fused-ring (bicyclic) bond motifs is 2. The molecule has 1 amide bonds. The SMILES string of the molecule is C[C@H](NC(=O)c1c(N)nn2ccncc12)c1nc2cccc(Cl)c2c(=O)n1-c1ccccc1. The highest BCUT2D eigenvalue weighted by Gasteiger charge is 2.24. The first-order valence-corrected chi connectivity index (χ1v) is 10.5. The lowest BCUT2D eigenvalue weighted by atomic mass is 10.2. The smallest absolute Gasteiger partial charge is 0.267 e. The first-order chi connectivity index (χ1) is 16.0. The molecule has 9 nitrogen and oxygen atoms in total. The number of para-hydroxylation sites is 1. The molecule has 0 unspecified atom stereocenters. The molecule has 0 spiro atoms. The summed E-state index contributed by atoms with van der Waals surface area (Å²) in [5, 5.41) is 7.66. The number of carbonyl (C=O) groups excluding carboxylic acids is 1. The molecule has 3 heterocycles. The quantitative estimate of drug-likeness (QED) is 0.426. The van der Waals surface area contributed by atoms with Gasteiger partial charge < -0.3 is 11.1 Å². The number of hydrogen-bond acceptors (Lipinski definition) is 6. The van der Waals surface area contributed by atoms with E-state index in [1.165, 1.54) is 15.3 Å². The number of carbonyl (C=O) groups is 1. The predicted molar refractivity (Wildman–Crippen MR) is 126 cm³/mol. The van der Waals surface area contributed by atoms with Crippen molar-refractivity contribution < 1.29 is 4.79 Å². The fourth-order valence-corrected chi connectivity index (χ4v) is 4.06. The van der Waals surface area contributed by atoms with Crippen LogP contribution in [-0.2, 0) is 0 Å². The summed E-state index contributed by atoms with van der Waals surface area (Å²) in [4.78, 5) is 35.4. The van der Waals surface area contributed by atoms with Gasteiger partial charge in [-0.3, -0.25) is 19.1 Å². The van der Waals surface area contributed by atoms with Gasteiger partial charge >= 0.3 is 0 Å². The third-order valence-corrected chi connectivity index (χ3v) is 5.63. The molecule has 10 heteroatoms. The molecule has 0 saturated carbocycles. The Labute approximate surface area is 192 Å². The lowest BCUT2D eigenvalue weighted by Crippen LogP contribution is -2.33. The molecule has 5 aromatic rings. The van der Waals surface area contributed by atoms with E-state index in [1.807, 2.05) is 18.2 Å². The maximum Gasteiger partial charge on any atom is 0.267 e. The number of amides is 1. The summed E-state index contributed by atoms with van der Waals surface area (Å²) in [6.45, 7) is 1.75. The van der Waals surface area contributed by atoms with Crippen LogP contribution in [0.15, 0.2) is 71.9 Å². The van der Waals surface area contributed by atoms with Gasteiger partial charge in [0.15, 0.2) is 5.82 Å². The van der Waals surface area contributed by atoms with E-state index in [1.54, 1.807) is 49.6 Å². The van der Waals surface area contributed by atoms with Gasteiger partial charge in [0.1, 0.15) is 11.4 Å². The van der Waals surface area contributed by atoms with Crippen molar-refractivity contribution in [1.82, 2.24) is 29.5 Å². The monoisotopic (exact) mass is 459 g/mol. The average molecular weight is 460 g/mol.